The first kappa shape index (κ1) is 12.8. The van der Waals surface area contributed by atoms with Gasteiger partial charge in [-0.3, -0.25) is 14.5 Å². The number of halogens is 1. The highest BCUT2D eigenvalue weighted by Gasteiger charge is 2.43. The summed E-state index contributed by atoms with van der Waals surface area (Å²) in [6.45, 7) is 1.36. The van der Waals surface area contributed by atoms with Crippen LogP contribution in [0.1, 0.15) is 23.2 Å². The van der Waals surface area contributed by atoms with E-state index in [-0.39, 0.29) is 16.9 Å². The van der Waals surface area contributed by atoms with E-state index in [1.54, 1.807) is 6.20 Å². The number of pyridine rings is 1. The molecule has 20 heavy (non-hydrogen) atoms. The van der Waals surface area contributed by atoms with Crippen LogP contribution in [0.25, 0.3) is 0 Å². The molecule has 0 bridgehead atoms. The molecule has 2 aromatic rings. The molecule has 2 aromatic heterocycles. The topological polar surface area (TPSA) is 59.8 Å². The molecule has 5 nitrogen and oxygen atoms in total. The van der Waals surface area contributed by atoms with Crippen LogP contribution in [0.15, 0.2) is 36.9 Å². The Morgan fingerprint density at radius 3 is 2.95 bits per heavy atom. The van der Waals surface area contributed by atoms with E-state index in [9.17, 15) is 9.18 Å². The Morgan fingerprint density at radius 1 is 1.45 bits per heavy atom. The average molecular weight is 274 g/mol. The summed E-state index contributed by atoms with van der Waals surface area (Å²) < 4.78 is 14.9. The SMILES string of the molecule is O=C(NCC1(Cn2cccn2)CC1)c1cncc(F)c1. The highest BCUT2D eigenvalue weighted by atomic mass is 19.1. The molecule has 0 unspecified atom stereocenters. The molecule has 1 aliphatic carbocycles. The van der Waals surface area contributed by atoms with Crippen LogP contribution < -0.4 is 5.32 Å². The molecule has 0 aromatic carbocycles. The molecule has 0 atom stereocenters. The third-order valence-corrected chi connectivity index (χ3v) is 3.60. The van der Waals surface area contributed by atoms with Crippen molar-refractivity contribution < 1.29 is 9.18 Å². The maximum Gasteiger partial charge on any atom is 0.252 e. The van der Waals surface area contributed by atoms with Crippen molar-refractivity contribution in [2.24, 2.45) is 5.41 Å². The van der Waals surface area contributed by atoms with Gasteiger partial charge in [0.15, 0.2) is 0 Å². The predicted molar refractivity (Wildman–Crippen MR) is 70.4 cm³/mol. The van der Waals surface area contributed by atoms with E-state index < -0.39 is 5.82 Å². The van der Waals surface area contributed by atoms with Gasteiger partial charge in [-0.2, -0.15) is 5.10 Å². The van der Waals surface area contributed by atoms with Gasteiger partial charge in [-0.1, -0.05) is 0 Å². The Kier molecular flexibility index (Phi) is 3.22. The van der Waals surface area contributed by atoms with Crippen molar-refractivity contribution in [3.8, 4) is 0 Å². The van der Waals surface area contributed by atoms with Gasteiger partial charge in [0.05, 0.1) is 11.8 Å². The van der Waals surface area contributed by atoms with E-state index in [0.717, 1.165) is 25.6 Å². The number of amides is 1. The predicted octanol–water partition coefficient (Wildman–Crippen LogP) is 1.63. The van der Waals surface area contributed by atoms with Crippen LogP contribution in [0.3, 0.4) is 0 Å². The summed E-state index contributed by atoms with van der Waals surface area (Å²) in [4.78, 5) is 15.6. The fourth-order valence-corrected chi connectivity index (χ4v) is 2.21. The molecule has 104 valence electrons. The Morgan fingerprint density at radius 2 is 2.30 bits per heavy atom. The van der Waals surface area contributed by atoms with Crippen molar-refractivity contribution in [3.63, 3.8) is 0 Å². The monoisotopic (exact) mass is 274 g/mol. The molecule has 0 saturated heterocycles. The van der Waals surface area contributed by atoms with E-state index in [1.807, 2.05) is 16.9 Å². The van der Waals surface area contributed by atoms with E-state index >= 15 is 0 Å². The zero-order valence-corrected chi connectivity index (χ0v) is 10.9. The largest absolute Gasteiger partial charge is 0.351 e. The maximum atomic E-state index is 13.0. The highest BCUT2D eigenvalue weighted by molar-refractivity contribution is 5.93. The van der Waals surface area contributed by atoms with Gasteiger partial charge in [-0.15, -0.1) is 0 Å². The summed E-state index contributed by atoms with van der Waals surface area (Å²) in [6, 6.07) is 3.07. The molecule has 1 saturated carbocycles. The van der Waals surface area contributed by atoms with E-state index in [4.69, 9.17) is 0 Å². The summed E-state index contributed by atoms with van der Waals surface area (Å²) >= 11 is 0. The molecular weight excluding hydrogens is 259 g/mol. The van der Waals surface area contributed by atoms with Crippen LogP contribution in [-0.4, -0.2) is 27.2 Å². The number of aromatic nitrogens is 3. The number of nitrogens with zero attached hydrogens (tertiary/aromatic N) is 3. The second kappa shape index (κ2) is 5.03. The van der Waals surface area contributed by atoms with E-state index in [2.05, 4.69) is 15.4 Å². The third kappa shape index (κ3) is 2.84. The first-order valence-corrected chi connectivity index (χ1v) is 6.53. The van der Waals surface area contributed by atoms with Crippen molar-refractivity contribution in [2.75, 3.05) is 6.54 Å². The van der Waals surface area contributed by atoms with Crippen molar-refractivity contribution in [1.82, 2.24) is 20.1 Å². The standard InChI is InChI=1S/C14H15FN4O/c15-12-6-11(7-16-8-12)13(20)17-9-14(2-3-14)10-19-5-1-4-18-19/h1,4-8H,2-3,9-10H2,(H,17,20). The number of nitrogens with one attached hydrogen (secondary N) is 1. The number of carbonyl (C=O) groups excluding carboxylic acids is 1. The zero-order chi connectivity index (χ0) is 14.0. The summed E-state index contributed by atoms with van der Waals surface area (Å²) in [5, 5.41) is 7.04. The van der Waals surface area contributed by atoms with Gasteiger partial charge in [0.25, 0.3) is 5.91 Å². The van der Waals surface area contributed by atoms with Gasteiger partial charge in [0.1, 0.15) is 5.82 Å². The molecule has 1 fully saturated rings. The Labute approximate surface area is 115 Å². The van der Waals surface area contributed by atoms with Crippen LogP contribution in [0.4, 0.5) is 4.39 Å². The van der Waals surface area contributed by atoms with Crippen LogP contribution in [0.2, 0.25) is 0 Å². The number of hydrogen-bond acceptors (Lipinski definition) is 3. The minimum atomic E-state index is -0.504. The first-order chi connectivity index (χ1) is 9.67. The summed E-state index contributed by atoms with van der Waals surface area (Å²) in [5.74, 6) is -0.793. The smallest absolute Gasteiger partial charge is 0.252 e. The van der Waals surface area contributed by atoms with Crippen molar-refractivity contribution in [3.05, 3.63) is 48.3 Å². The summed E-state index contributed by atoms with van der Waals surface area (Å²) in [5.41, 5.74) is 0.336. The minimum Gasteiger partial charge on any atom is -0.351 e. The second-order valence-electron chi connectivity index (χ2n) is 5.28. The number of hydrogen-bond donors (Lipinski definition) is 1. The van der Waals surface area contributed by atoms with Crippen LogP contribution in [0, 0.1) is 11.2 Å². The zero-order valence-electron chi connectivity index (χ0n) is 10.9. The normalized spacial score (nSPS) is 15.8. The fraction of sp³-hybridized carbons (Fsp3) is 0.357. The molecular formula is C14H15FN4O. The molecule has 0 radical (unpaired) electrons. The van der Waals surface area contributed by atoms with Crippen molar-refractivity contribution in [2.45, 2.75) is 19.4 Å². The van der Waals surface area contributed by atoms with E-state index in [0.29, 0.717) is 6.54 Å². The third-order valence-electron chi connectivity index (χ3n) is 3.60. The van der Waals surface area contributed by atoms with Gasteiger partial charge in [0.2, 0.25) is 0 Å². The van der Waals surface area contributed by atoms with Gasteiger partial charge >= 0.3 is 0 Å². The maximum absolute atomic E-state index is 13.0. The average Bonchev–Trinajstić information content (AvgIpc) is 3.01. The Hall–Kier alpha value is -2.24. The lowest BCUT2D eigenvalue weighted by atomic mass is 10.1. The molecule has 6 heteroatoms. The summed E-state index contributed by atoms with van der Waals surface area (Å²) in [6.07, 6.45) is 8.23. The first-order valence-electron chi connectivity index (χ1n) is 6.53. The lowest BCUT2D eigenvalue weighted by molar-refractivity contribution is 0.0941. The van der Waals surface area contributed by atoms with Crippen LogP contribution >= 0.6 is 0 Å². The quantitative estimate of drug-likeness (QED) is 0.901. The molecule has 0 spiro atoms. The molecule has 1 aliphatic rings. The number of rotatable bonds is 5. The van der Waals surface area contributed by atoms with Crippen molar-refractivity contribution >= 4 is 5.91 Å². The minimum absolute atomic E-state index is 0.0857. The van der Waals surface area contributed by atoms with Crippen molar-refractivity contribution in [1.29, 1.82) is 0 Å². The second-order valence-corrected chi connectivity index (χ2v) is 5.28. The molecule has 0 aliphatic heterocycles. The lowest BCUT2D eigenvalue weighted by Crippen LogP contribution is -2.32. The Bertz CT molecular complexity index is 607. The van der Waals surface area contributed by atoms with Gasteiger partial charge in [-0.25, -0.2) is 4.39 Å². The summed E-state index contributed by atoms with van der Waals surface area (Å²) in [7, 11) is 0. The van der Waals surface area contributed by atoms with Gasteiger partial charge in [0, 0.05) is 37.1 Å². The molecule has 1 amide bonds. The fourth-order valence-electron chi connectivity index (χ4n) is 2.21. The van der Waals surface area contributed by atoms with Gasteiger partial charge in [-0.05, 0) is 25.0 Å². The Balaban J connectivity index is 1.58. The van der Waals surface area contributed by atoms with E-state index in [1.165, 1.54) is 12.3 Å². The van der Waals surface area contributed by atoms with Crippen LogP contribution in [-0.2, 0) is 6.54 Å². The number of carbonyl (C=O) groups is 1. The lowest BCUT2D eigenvalue weighted by Gasteiger charge is -2.16. The van der Waals surface area contributed by atoms with Gasteiger partial charge < -0.3 is 5.32 Å². The molecule has 3 rings (SSSR count). The molecule has 1 N–H and O–H groups in total. The molecule has 2 heterocycles. The highest BCUT2D eigenvalue weighted by Crippen LogP contribution is 2.46. The van der Waals surface area contributed by atoms with Crippen LogP contribution in [0.5, 0.6) is 0 Å².